The largest absolute Gasteiger partial charge is 0.242 e. The predicted molar refractivity (Wildman–Crippen MR) is 162 cm³/mol. The summed E-state index contributed by atoms with van der Waals surface area (Å²) in [7, 11) is 0. The first-order valence-corrected chi connectivity index (χ1v) is 15.8. The number of rotatable bonds is 7. The highest BCUT2D eigenvalue weighted by atomic mass is 32.2. The van der Waals surface area contributed by atoms with E-state index < -0.39 is 0 Å². The highest BCUT2D eigenvalue weighted by molar-refractivity contribution is 8.00. The van der Waals surface area contributed by atoms with Crippen molar-refractivity contribution in [2.24, 2.45) is 0 Å². The molecule has 0 fully saturated rings. The number of hydrogen-bond donors (Lipinski definition) is 0. The minimum atomic E-state index is 0.313. The minimum Gasteiger partial charge on any atom is -0.0894 e. The van der Waals surface area contributed by atoms with Crippen LogP contribution in [0.1, 0.15) is 79.3 Å². The molecule has 0 bridgehead atoms. The van der Waals surface area contributed by atoms with Gasteiger partial charge >= 0.3 is 0 Å². The van der Waals surface area contributed by atoms with Crippen molar-refractivity contribution in [2.75, 3.05) is 0 Å². The Hall–Kier alpha value is -2.36. The van der Waals surface area contributed by atoms with E-state index in [4.69, 9.17) is 0 Å². The molecule has 37 heavy (non-hydrogen) atoms. The second kappa shape index (κ2) is 9.44. The second-order valence-corrected chi connectivity index (χ2v) is 13.0. The van der Waals surface area contributed by atoms with Gasteiger partial charge in [0.25, 0.3) is 0 Å². The summed E-state index contributed by atoms with van der Waals surface area (Å²) in [5.74, 6) is 0.367. The first-order chi connectivity index (χ1) is 18.2. The van der Waals surface area contributed by atoms with Gasteiger partial charge in [-0.05, 0) is 65.8 Å². The Morgan fingerprint density at radius 3 is 1.54 bits per heavy atom. The fourth-order valence-corrected chi connectivity index (χ4v) is 9.66. The quantitative estimate of drug-likeness (QED) is 0.202. The molecule has 0 radical (unpaired) electrons. The zero-order valence-electron chi connectivity index (χ0n) is 22.1. The molecule has 0 aromatic heterocycles. The van der Waals surface area contributed by atoms with E-state index in [1.165, 1.54) is 50.8 Å². The van der Waals surface area contributed by atoms with Crippen LogP contribution in [0.15, 0.2) is 86.3 Å². The molecule has 3 heterocycles. The SMILES string of the molecule is CCCc1cc(CCC)c(B2c3cccc4c3C3c5c(cccc5Sc5cccc2c53)S4)c(CCC)c1. The van der Waals surface area contributed by atoms with Crippen LogP contribution >= 0.6 is 23.5 Å². The van der Waals surface area contributed by atoms with Gasteiger partial charge in [0.2, 0.25) is 6.71 Å². The predicted octanol–water partition coefficient (Wildman–Crippen LogP) is 7.48. The summed E-state index contributed by atoms with van der Waals surface area (Å²) in [5, 5.41) is 0. The van der Waals surface area contributed by atoms with Gasteiger partial charge in [-0.15, -0.1) is 0 Å². The lowest BCUT2D eigenvalue weighted by Gasteiger charge is -2.42. The Bertz CT molecular complexity index is 1430. The normalized spacial score (nSPS) is 14.6. The van der Waals surface area contributed by atoms with Crippen LogP contribution in [0.4, 0.5) is 0 Å². The fraction of sp³-hybridized carbons (Fsp3) is 0.294. The van der Waals surface area contributed by atoms with Crippen molar-refractivity contribution >= 4 is 46.6 Å². The van der Waals surface area contributed by atoms with E-state index in [-0.39, 0.29) is 0 Å². The minimum absolute atomic E-state index is 0.313. The van der Waals surface area contributed by atoms with Gasteiger partial charge in [0.1, 0.15) is 0 Å². The molecule has 0 unspecified atom stereocenters. The molecule has 3 aliphatic heterocycles. The lowest BCUT2D eigenvalue weighted by molar-refractivity contribution is 0.846. The van der Waals surface area contributed by atoms with Gasteiger partial charge in [-0.1, -0.05) is 134 Å². The molecule has 0 saturated carbocycles. The Morgan fingerprint density at radius 1 is 0.595 bits per heavy atom. The van der Waals surface area contributed by atoms with Crippen LogP contribution in [0.3, 0.4) is 0 Å². The average molecular weight is 517 g/mol. The molecule has 0 spiro atoms. The molecule has 0 nitrogen and oxygen atoms in total. The number of benzene rings is 4. The van der Waals surface area contributed by atoms with Crippen LogP contribution in [-0.2, 0) is 19.3 Å². The Kier molecular flexibility index (Phi) is 6.05. The maximum absolute atomic E-state index is 2.56. The van der Waals surface area contributed by atoms with E-state index in [0.717, 1.165) is 12.8 Å². The molecule has 0 aliphatic carbocycles. The summed E-state index contributed by atoms with van der Waals surface area (Å²) in [5.41, 5.74) is 14.1. The monoisotopic (exact) mass is 516 g/mol. The molecule has 0 N–H and O–H groups in total. The van der Waals surface area contributed by atoms with Crippen LogP contribution in [-0.4, -0.2) is 6.71 Å². The molecule has 184 valence electrons. The summed E-state index contributed by atoms with van der Waals surface area (Å²) in [6.45, 7) is 7.30. The van der Waals surface area contributed by atoms with Crippen molar-refractivity contribution in [1.82, 2.24) is 0 Å². The molecule has 3 heteroatoms. The van der Waals surface area contributed by atoms with Crippen LogP contribution in [0.2, 0.25) is 0 Å². The summed E-state index contributed by atoms with van der Waals surface area (Å²) in [4.78, 5) is 5.81. The Morgan fingerprint density at radius 2 is 1.05 bits per heavy atom. The van der Waals surface area contributed by atoms with E-state index in [2.05, 4.69) is 87.5 Å². The van der Waals surface area contributed by atoms with E-state index in [0.29, 0.717) is 12.6 Å². The molecule has 4 aromatic carbocycles. The highest BCUT2D eigenvalue weighted by Gasteiger charge is 2.45. The second-order valence-electron chi connectivity index (χ2n) is 10.8. The highest BCUT2D eigenvalue weighted by Crippen LogP contribution is 2.57. The van der Waals surface area contributed by atoms with Gasteiger partial charge in [0.05, 0.1) is 0 Å². The van der Waals surface area contributed by atoms with Gasteiger partial charge in [-0.25, -0.2) is 0 Å². The van der Waals surface area contributed by atoms with Gasteiger partial charge in [0, 0.05) is 25.5 Å². The van der Waals surface area contributed by atoms with Gasteiger partial charge in [-0.3, -0.25) is 0 Å². The summed E-state index contributed by atoms with van der Waals surface area (Å²) in [6.07, 6.45) is 7.07. The third-order valence-electron chi connectivity index (χ3n) is 8.43. The number of aryl methyl sites for hydroxylation is 3. The van der Waals surface area contributed by atoms with Crippen molar-refractivity contribution in [3.63, 3.8) is 0 Å². The van der Waals surface area contributed by atoms with Crippen LogP contribution in [0.5, 0.6) is 0 Å². The lowest BCUT2D eigenvalue weighted by atomic mass is 9.31. The smallest absolute Gasteiger partial charge is 0.0894 e. The third kappa shape index (κ3) is 3.61. The summed E-state index contributed by atoms with van der Waals surface area (Å²) < 4.78 is 0. The zero-order valence-corrected chi connectivity index (χ0v) is 23.7. The first-order valence-electron chi connectivity index (χ1n) is 14.1. The van der Waals surface area contributed by atoms with Gasteiger partial charge < -0.3 is 0 Å². The maximum atomic E-state index is 2.56. The molecular weight excluding hydrogens is 483 g/mol. The fourth-order valence-electron chi connectivity index (χ4n) is 7.16. The summed E-state index contributed by atoms with van der Waals surface area (Å²) >= 11 is 3.98. The third-order valence-corrected chi connectivity index (χ3v) is 10.7. The average Bonchev–Trinajstić information content (AvgIpc) is 2.90. The maximum Gasteiger partial charge on any atom is 0.242 e. The van der Waals surface area contributed by atoms with E-state index in [1.54, 1.807) is 44.2 Å². The summed E-state index contributed by atoms with van der Waals surface area (Å²) in [6, 6.07) is 26.3. The van der Waals surface area contributed by atoms with Crippen molar-refractivity contribution < 1.29 is 0 Å². The van der Waals surface area contributed by atoms with Crippen LogP contribution in [0.25, 0.3) is 0 Å². The van der Waals surface area contributed by atoms with Gasteiger partial charge in [-0.2, -0.15) is 0 Å². The topological polar surface area (TPSA) is 0 Å². The zero-order chi connectivity index (χ0) is 25.1. The van der Waals surface area contributed by atoms with Crippen molar-refractivity contribution in [3.8, 4) is 0 Å². The molecular formula is C34H33BS2. The van der Waals surface area contributed by atoms with Gasteiger partial charge in [0.15, 0.2) is 0 Å². The molecule has 0 atom stereocenters. The molecule has 0 amide bonds. The van der Waals surface area contributed by atoms with E-state index >= 15 is 0 Å². The van der Waals surface area contributed by atoms with Crippen molar-refractivity contribution in [2.45, 2.75) is 84.8 Å². The molecule has 4 aromatic rings. The first kappa shape index (κ1) is 23.7. The van der Waals surface area contributed by atoms with Crippen LogP contribution in [0, 0.1) is 0 Å². The van der Waals surface area contributed by atoms with E-state index in [1.807, 2.05) is 23.5 Å². The standard InChI is InChI=1S/C34H33BS2/c1-4-10-21-19-22(11-5-2)34(23(20-21)12-6-3)35-24-13-7-15-26-30(24)33-31-25(35)14-8-16-27(31)37-29-18-9-17-28(36-26)32(29)33/h7-9,13-20,33H,4-6,10-12H2,1-3H3. The molecule has 7 rings (SSSR count). The van der Waals surface area contributed by atoms with Crippen molar-refractivity contribution in [1.29, 1.82) is 0 Å². The Labute approximate surface area is 230 Å². The molecule has 0 saturated heterocycles. The van der Waals surface area contributed by atoms with E-state index in [9.17, 15) is 0 Å². The van der Waals surface area contributed by atoms with Crippen molar-refractivity contribution in [3.05, 3.63) is 100 Å². The molecule has 3 aliphatic rings. The Balaban J connectivity index is 1.55. The lowest BCUT2D eigenvalue weighted by Crippen LogP contribution is -2.60. The number of hydrogen-bond acceptors (Lipinski definition) is 2. The van der Waals surface area contributed by atoms with Crippen LogP contribution < -0.4 is 16.4 Å².